The molecule has 7 heteroatoms. The van der Waals surface area contributed by atoms with E-state index in [1.165, 1.54) is 0 Å². The number of ether oxygens (including phenoxy) is 1. The third-order valence-electron chi connectivity index (χ3n) is 3.12. The highest BCUT2D eigenvalue weighted by molar-refractivity contribution is 5.77. The van der Waals surface area contributed by atoms with Gasteiger partial charge in [-0.05, 0) is 19.1 Å². The molecule has 1 aromatic rings. The summed E-state index contributed by atoms with van der Waals surface area (Å²) in [5.41, 5.74) is -1.59. The highest BCUT2D eigenvalue weighted by Crippen LogP contribution is 2.44. The van der Waals surface area contributed by atoms with E-state index in [4.69, 9.17) is 0 Å². The van der Waals surface area contributed by atoms with Crippen LogP contribution in [0.25, 0.3) is 0 Å². The van der Waals surface area contributed by atoms with Gasteiger partial charge in [-0.2, -0.15) is 13.2 Å². The molecule has 1 aromatic carbocycles. The maximum absolute atomic E-state index is 13.3. The Kier molecular flexibility index (Phi) is 3.78. The molecule has 0 saturated heterocycles. The van der Waals surface area contributed by atoms with Crippen LogP contribution in [0, 0.1) is 0 Å². The minimum atomic E-state index is -4.54. The molecule has 0 atom stereocenters. The van der Waals surface area contributed by atoms with Crippen LogP contribution in [-0.4, -0.2) is 24.4 Å². The SMILES string of the molecule is CCOC(=O)CCC1(C(F)(F)F)Nc2ccccc2N1. The zero-order chi connectivity index (χ0) is 14.8. The lowest BCUT2D eigenvalue weighted by Gasteiger charge is -2.32. The number of hydrogen-bond acceptors (Lipinski definition) is 4. The van der Waals surface area contributed by atoms with Crippen LogP contribution in [0.15, 0.2) is 24.3 Å². The average molecular weight is 288 g/mol. The predicted octanol–water partition coefficient (Wildman–Crippen LogP) is 3.13. The van der Waals surface area contributed by atoms with Crippen LogP contribution in [0.3, 0.4) is 0 Å². The molecule has 0 unspecified atom stereocenters. The maximum Gasteiger partial charge on any atom is 0.430 e. The van der Waals surface area contributed by atoms with E-state index in [-0.39, 0.29) is 13.0 Å². The topological polar surface area (TPSA) is 50.4 Å². The Hall–Kier alpha value is -1.92. The Morgan fingerprint density at radius 3 is 2.25 bits per heavy atom. The van der Waals surface area contributed by atoms with Gasteiger partial charge in [0.25, 0.3) is 0 Å². The second-order valence-electron chi connectivity index (χ2n) is 4.50. The standard InChI is InChI=1S/C13H15F3N2O2/c1-2-20-11(19)7-8-12(13(14,15)16)17-9-5-3-4-6-10(9)18-12/h3-6,17-18H,2,7-8H2,1H3. The highest BCUT2D eigenvalue weighted by Gasteiger charge is 2.57. The van der Waals surface area contributed by atoms with E-state index in [0.29, 0.717) is 11.4 Å². The lowest BCUT2D eigenvalue weighted by atomic mass is 10.0. The second-order valence-corrected chi connectivity index (χ2v) is 4.50. The van der Waals surface area contributed by atoms with E-state index in [1.54, 1.807) is 31.2 Å². The summed E-state index contributed by atoms with van der Waals surface area (Å²) in [7, 11) is 0. The molecule has 20 heavy (non-hydrogen) atoms. The number of fused-ring (bicyclic) bond motifs is 1. The van der Waals surface area contributed by atoms with Crippen molar-refractivity contribution in [3.05, 3.63) is 24.3 Å². The van der Waals surface area contributed by atoms with Crippen LogP contribution in [0.1, 0.15) is 19.8 Å². The van der Waals surface area contributed by atoms with Crippen LogP contribution in [0.4, 0.5) is 24.5 Å². The first-order valence-corrected chi connectivity index (χ1v) is 6.26. The zero-order valence-electron chi connectivity index (χ0n) is 10.9. The molecule has 0 aliphatic carbocycles. The molecule has 1 heterocycles. The fourth-order valence-corrected chi connectivity index (χ4v) is 2.12. The summed E-state index contributed by atoms with van der Waals surface area (Å²) < 4.78 is 44.7. The Balaban J connectivity index is 2.16. The minimum absolute atomic E-state index is 0.152. The zero-order valence-corrected chi connectivity index (χ0v) is 10.9. The number of carbonyl (C=O) groups excluding carboxylic acids is 1. The molecule has 0 aromatic heterocycles. The molecule has 110 valence electrons. The molecule has 0 bridgehead atoms. The molecule has 0 fully saturated rings. The number of esters is 1. The number of anilines is 2. The minimum Gasteiger partial charge on any atom is -0.466 e. The third kappa shape index (κ3) is 2.66. The number of benzene rings is 1. The lowest BCUT2D eigenvalue weighted by molar-refractivity contribution is -0.173. The molecule has 1 aliphatic heterocycles. The van der Waals surface area contributed by atoms with E-state index >= 15 is 0 Å². The first-order valence-electron chi connectivity index (χ1n) is 6.26. The van der Waals surface area contributed by atoms with Gasteiger partial charge in [-0.15, -0.1) is 0 Å². The van der Waals surface area contributed by atoms with E-state index < -0.39 is 24.2 Å². The molecule has 0 spiro atoms. The van der Waals surface area contributed by atoms with Crippen molar-refractivity contribution in [1.29, 1.82) is 0 Å². The number of nitrogens with one attached hydrogen (secondary N) is 2. The van der Waals surface area contributed by atoms with Gasteiger partial charge in [0.05, 0.1) is 18.0 Å². The molecule has 0 radical (unpaired) electrons. The molecule has 4 nitrogen and oxygen atoms in total. The van der Waals surface area contributed by atoms with Gasteiger partial charge in [0.1, 0.15) is 0 Å². The first-order chi connectivity index (χ1) is 9.38. The molecule has 1 aliphatic rings. The number of hydrogen-bond donors (Lipinski definition) is 2. The van der Waals surface area contributed by atoms with Gasteiger partial charge in [-0.1, -0.05) is 12.1 Å². The van der Waals surface area contributed by atoms with Crippen molar-refractivity contribution in [2.24, 2.45) is 0 Å². The lowest BCUT2D eigenvalue weighted by Crippen LogP contribution is -2.55. The van der Waals surface area contributed by atoms with Crippen LogP contribution < -0.4 is 10.6 Å². The maximum atomic E-state index is 13.3. The molecule has 0 amide bonds. The fourth-order valence-electron chi connectivity index (χ4n) is 2.12. The van der Waals surface area contributed by atoms with Crippen molar-refractivity contribution in [1.82, 2.24) is 0 Å². The number of halogens is 3. The largest absolute Gasteiger partial charge is 0.466 e. The van der Waals surface area contributed by atoms with E-state index in [9.17, 15) is 18.0 Å². The van der Waals surface area contributed by atoms with Gasteiger partial charge in [0, 0.05) is 12.8 Å². The number of para-hydroxylation sites is 2. The summed E-state index contributed by atoms with van der Waals surface area (Å²) in [6, 6.07) is 6.40. The summed E-state index contributed by atoms with van der Waals surface area (Å²) >= 11 is 0. The smallest absolute Gasteiger partial charge is 0.430 e. The number of alkyl halides is 3. The Morgan fingerprint density at radius 1 is 1.25 bits per heavy atom. The van der Waals surface area contributed by atoms with Crippen molar-refractivity contribution in [3.8, 4) is 0 Å². The molecule has 2 N–H and O–H groups in total. The number of carbonyl (C=O) groups is 1. The fraction of sp³-hybridized carbons (Fsp3) is 0.462. The van der Waals surface area contributed by atoms with Gasteiger partial charge in [0.2, 0.25) is 5.66 Å². The molecular weight excluding hydrogens is 273 g/mol. The van der Waals surface area contributed by atoms with Gasteiger partial charge in [-0.3, -0.25) is 4.79 Å². The van der Waals surface area contributed by atoms with Crippen LogP contribution in [0.2, 0.25) is 0 Å². The Labute approximate surface area is 114 Å². The second kappa shape index (κ2) is 5.22. The monoisotopic (exact) mass is 288 g/mol. The average Bonchev–Trinajstić information content (AvgIpc) is 2.76. The van der Waals surface area contributed by atoms with Gasteiger partial charge in [-0.25, -0.2) is 0 Å². The Morgan fingerprint density at radius 2 is 1.80 bits per heavy atom. The number of rotatable bonds is 4. The molecular formula is C13H15F3N2O2. The summed E-state index contributed by atoms with van der Waals surface area (Å²) in [5.74, 6) is -0.643. The van der Waals surface area contributed by atoms with Gasteiger partial charge >= 0.3 is 12.1 Å². The van der Waals surface area contributed by atoms with Crippen LogP contribution >= 0.6 is 0 Å². The summed E-state index contributed by atoms with van der Waals surface area (Å²) in [6.07, 6.45) is -5.30. The van der Waals surface area contributed by atoms with Crippen molar-refractivity contribution >= 4 is 17.3 Å². The predicted molar refractivity (Wildman–Crippen MR) is 68.3 cm³/mol. The Bertz CT molecular complexity index is 478. The van der Waals surface area contributed by atoms with Crippen molar-refractivity contribution in [2.75, 3.05) is 17.2 Å². The van der Waals surface area contributed by atoms with Gasteiger partial charge in [0.15, 0.2) is 0 Å². The van der Waals surface area contributed by atoms with Crippen molar-refractivity contribution in [3.63, 3.8) is 0 Å². The normalized spacial score (nSPS) is 16.0. The van der Waals surface area contributed by atoms with Gasteiger partial charge < -0.3 is 15.4 Å². The van der Waals surface area contributed by atoms with Crippen LogP contribution in [0.5, 0.6) is 0 Å². The van der Waals surface area contributed by atoms with E-state index in [1.807, 2.05) is 0 Å². The van der Waals surface area contributed by atoms with Crippen molar-refractivity contribution in [2.45, 2.75) is 31.6 Å². The van der Waals surface area contributed by atoms with Crippen LogP contribution in [-0.2, 0) is 9.53 Å². The molecule has 2 rings (SSSR count). The third-order valence-corrected chi connectivity index (χ3v) is 3.12. The summed E-state index contributed by atoms with van der Waals surface area (Å²) in [4.78, 5) is 11.3. The van der Waals surface area contributed by atoms with E-state index in [2.05, 4.69) is 15.4 Å². The first kappa shape index (κ1) is 14.5. The summed E-state index contributed by atoms with van der Waals surface area (Å²) in [6.45, 7) is 1.76. The highest BCUT2D eigenvalue weighted by atomic mass is 19.4. The molecule has 0 saturated carbocycles. The van der Waals surface area contributed by atoms with Crippen molar-refractivity contribution < 1.29 is 22.7 Å². The van der Waals surface area contributed by atoms with E-state index in [0.717, 1.165) is 0 Å². The summed E-state index contributed by atoms with van der Waals surface area (Å²) in [5, 5.41) is 4.88. The quantitative estimate of drug-likeness (QED) is 0.836.